The van der Waals surface area contributed by atoms with Gasteiger partial charge in [0, 0.05) is 6.42 Å². The highest BCUT2D eigenvalue weighted by Gasteiger charge is 2.65. The lowest BCUT2D eigenvalue weighted by Crippen LogP contribution is -2.52. The fourth-order valence-electron chi connectivity index (χ4n) is 3.39. The van der Waals surface area contributed by atoms with Crippen molar-refractivity contribution in [1.82, 2.24) is 0 Å². The summed E-state index contributed by atoms with van der Waals surface area (Å²) in [5.74, 6) is -0.453. The topological polar surface area (TPSA) is 80.7 Å². The van der Waals surface area contributed by atoms with Crippen LogP contribution in [0.4, 0.5) is 22.0 Å². The number of hydrogen-bond acceptors (Lipinski definition) is 4. The van der Waals surface area contributed by atoms with Crippen molar-refractivity contribution in [2.75, 3.05) is 0 Å². The fraction of sp³-hybridized carbons (Fsp3) is 0.938. The quantitative estimate of drug-likeness (QED) is 0.251. The molecular weight excluding hydrogens is 399 g/mol. The summed E-state index contributed by atoms with van der Waals surface area (Å²) in [4.78, 5) is 11.5. The second-order valence-electron chi connectivity index (χ2n) is 7.00. The first-order valence-corrected chi connectivity index (χ1v) is 10.3. The third-order valence-electron chi connectivity index (χ3n) is 4.91. The lowest BCUT2D eigenvalue weighted by atomic mass is 9.78. The number of halogens is 5. The maximum atomic E-state index is 13.3. The van der Waals surface area contributed by atoms with Crippen molar-refractivity contribution in [1.29, 1.82) is 0 Å². The van der Waals surface area contributed by atoms with Crippen LogP contribution in [0.1, 0.15) is 64.7 Å². The van der Waals surface area contributed by atoms with Gasteiger partial charge in [-0.3, -0.25) is 9.35 Å². The van der Waals surface area contributed by atoms with E-state index in [1.54, 1.807) is 0 Å². The molecule has 1 fully saturated rings. The van der Waals surface area contributed by atoms with E-state index >= 15 is 0 Å². The molecule has 0 aromatic heterocycles. The minimum absolute atomic E-state index is 0.147. The molecule has 0 aliphatic heterocycles. The average molecular weight is 424 g/mol. The Balaban J connectivity index is 2.51. The Labute approximate surface area is 155 Å². The van der Waals surface area contributed by atoms with Crippen molar-refractivity contribution >= 4 is 16.1 Å². The maximum Gasteiger partial charge on any atom is 0.432 e. The molecule has 11 heteroatoms. The Hall–Kier alpha value is -0.970. The summed E-state index contributed by atoms with van der Waals surface area (Å²) >= 11 is 0. The number of carbonyl (C=O) groups is 1. The average Bonchev–Trinajstić information content (AvgIpc) is 2.54. The lowest BCUT2D eigenvalue weighted by Gasteiger charge is -2.28. The number of ether oxygens (including phenoxy) is 1. The minimum Gasteiger partial charge on any atom is -0.445 e. The van der Waals surface area contributed by atoms with E-state index in [9.17, 15) is 35.2 Å². The van der Waals surface area contributed by atoms with Crippen LogP contribution < -0.4 is 0 Å². The highest BCUT2D eigenvalue weighted by molar-refractivity contribution is 7.86. The maximum absolute atomic E-state index is 13.3. The Kier molecular flexibility index (Phi) is 8.46. The molecule has 0 saturated heterocycles. The highest BCUT2D eigenvalue weighted by Crippen LogP contribution is 2.38. The van der Waals surface area contributed by atoms with Crippen LogP contribution in [-0.4, -0.2) is 36.5 Å². The predicted octanol–water partition coefficient (Wildman–Crippen LogP) is 4.72. The van der Waals surface area contributed by atoms with E-state index in [0.717, 1.165) is 32.1 Å². The molecule has 3 atom stereocenters. The van der Waals surface area contributed by atoms with Crippen molar-refractivity contribution < 1.29 is 44.5 Å². The second kappa shape index (κ2) is 9.49. The first-order chi connectivity index (χ1) is 12.3. The number of hydrogen-bond donors (Lipinski definition) is 1. The Bertz CT molecular complexity index is 590. The molecule has 1 rings (SSSR count). The van der Waals surface area contributed by atoms with E-state index in [-0.39, 0.29) is 6.42 Å². The summed E-state index contributed by atoms with van der Waals surface area (Å²) in [6.45, 7) is 2.11. The number of carbonyl (C=O) groups excluding carboxylic acids is 1. The van der Waals surface area contributed by atoms with Gasteiger partial charge in [0.25, 0.3) is 6.10 Å². The summed E-state index contributed by atoms with van der Waals surface area (Å²) in [6, 6.07) is 0. The van der Waals surface area contributed by atoms with Gasteiger partial charge in [-0.15, -0.1) is 0 Å². The van der Waals surface area contributed by atoms with Gasteiger partial charge in [-0.25, -0.2) is 0 Å². The molecule has 1 aliphatic carbocycles. The Morgan fingerprint density at radius 2 is 1.74 bits per heavy atom. The van der Waals surface area contributed by atoms with Crippen molar-refractivity contribution in [2.24, 2.45) is 11.8 Å². The highest BCUT2D eigenvalue weighted by atomic mass is 32.2. The van der Waals surface area contributed by atoms with Gasteiger partial charge in [0.1, 0.15) is 0 Å². The van der Waals surface area contributed by atoms with Crippen molar-refractivity contribution in [3.63, 3.8) is 0 Å². The van der Waals surface area contributed by atoms with E-state index in [4.69, 9.17) is 4.55 Å². The number of rotatable bonds is 9. The van der Waals surface area contributed by atoms with Gasteiger partial charge < -0.3 is 4.74 Å². The molecule has 0 aromatic carbocycles. The van der Waals surface area contributed by atoms with Crippen LogP contribution in [-0.2, 0) is 19.6 Å². The van der Waals surface area contributed by atoms with Crippen molar-refractivity contribution in [2.45, 2.75) is 82.2 Å². The van der Waals surface area contributed by atoms with Crippen molar-refractivity contribution in [3.05, 3.63) is 0 Å². The molecule has 0 radical (unpaired) electrons. The minimum atomic E-state index is -6.41. The molecule has 0 bridgehead atoms. The Morgan fingerprint density at radius 3 is 2.26 bits per heavy atom. The van der Waals surface area contributed by atoms with Crippen LogP contribution in [0.3, 0.4) is 0 Å². The SMILES string of the molecule is CCC1CCCC(CCCCC(=O)OC(C(F)(F)F)C(F)(F)S(=O)(=O)O)C1. The van der Waals surface area contributed by atoms with Crippen LogP contribution in [0.5, 0.6) is 0 Å². The second-order valence-corrected chi connectivity index (χ2v) is 8.50. The number of esters is 1. The van der Waals surface area contributed by atoms with Crippen LogP contribution in [0.15, 0.2) is 0 Å². The lowest BCUT2D eigenvalue weighted by molar-refractivity contribution is -0.259. The summed E-state index contributed by atoms with van der Waals surface area (Å²) in [7, 11) is -6.41. The molecule has 5 nitrogen and oxygen atoms in total. The van der Waals surface area contributed by atoms with Gasteiger partial charge in [-0.2, -0.15) is 30.4 Å². The first-order valence-electron chi connectivity index (χ1n) is 8.90. The molecule has 1 saturated carbocycles. The van der Waals surface area contributed by atoms with Crippen LogP contribution >= 0.6 is 0 Å². The standard InChI is InChI=1S/C16H25F5O5S/c1-2-11-7-5-8-12(10-11)6-3-4-9-13(22)26-14(15(17,18)19)16(20,21)27(23,24)25/h11-12,14H,2-10H2,1H3,(H,23,24,25). The molecule has 1 N–H and O–H groups in total. The van der Waals surface area contributed by atoms with Gasteiger partial charge in [-0.05, 0) is 24.7 Å². The van der Waals surface area contributed by atoms with Crippen LogP contribution in [0, 0.1) is 11.8 Å². The van der Waals surface area contributed by atoms with E-state index in [1.807, 2.05) is 0 Å². The van der Waals surface area contributed by atoms with Gasteiger partial charge in [-0.1, -0.05) is 45.4 Å². The molecule has 3 unspecified atom stereocenters. The predicted molar refractivity (Wildman–Crippen MR) is 86.6 cm³/mol. The van der Waals surface area contributed by atoms with Crippen LogP contribution in [0.25, 0.3) is 0 Å². The zero-order valence-electron chi connectivity index (χ0n) is 15.0. The smallest absolute Gasteiger partial charge is 0.432 e. The third-order valence-corrected chi connectivity index (χ3v) is 5.81. The molecule has 160 valence electrons. The number of unbranched alkanes of at least 4 members (excludes halogenated alkanes) is 1. The van der Waals surface area contributed by atoms with Gasteiger partial charge in [0.05, 0.1) is 0 Å². The largest absolute Gasteiger partial charge is 0.445 e. The van der Waals surface area contributed by atoms with E-state index in [2.05, 4.69) is 11.7 Å². The summed E-state index contributed by atoms with van der Waals surface area (Å²) < 4.78 is 97.7. The zero-order chi connectivity index (χ0) is 20.9. The van der Waals surface area contributed by atoms with E-state index < -0.39 is 40.0 Å². The molecule has 0 amide bonds. The van der Waals surface area contributed by atoms with Gasteiger partial charge in [0.15, 0.2) is 0 Å². The van der Waals surface area contributed by atoms with Gasteiger partial charge >= 0.3 is 27.5 Å². The molecular formula is C16H25F5O5S. The third kappa shape index (κ3) is 7.17. The molecule has 0 heterocycles. The van der Waals surface area contributed by atoms with E-state index in [0.29, 0.717) is 18.3 Å². The summed E-state index contributed by atoms with van der Waals surface area (Å²) in [5.41, 5.74) is 0. The normalized spacial score (nSPS) is 23.1. The summed E-state index contributed by atoms with van der Waals surface area (Å²) in [5, 5.41) is -5.68. The molecule has 1 aliphatic rings. The van der Waals surface area contributed by atoms with Gasteiger partial charge in [0.2, 0.25) is 0 Å². The monoisotopic (exact) mass is 424 g/mol. The zero-order valence-corrected chi connectivity index (χ0v) is 15.8. The molecule has 27 heavy (non-hydrogen) atoms. The van der Waals surface area contributed by atoms with E-state index in [1.165, 1.54) is 6.42 Å². The Morgan fingerprint density at radius 1 is 1.15 bits per heavy atom. The fourth-order valence-corrected chi connectivity index (χ4v) is 3.84. The number of alkyl halides is 5. The van der Waals surface area contributed by atoms with Crippen molar-refractivity contribution in [3.8, 4) is 0 Å². The molecule has 0 spiro atoms. The first kappa shape index (κ1) is 24.1. The molecule has 0 aromatic rings. The van der Waals surface area contributed by atoms with Crippen LogP contribution in [0.2, 0.25) is 0 Å². The summed E-state index contributed by atoms with van der Waals surface area (Å²) in [6.07, 6.45) is -3.69.